The number of piperidine rings is 1. The molecule has 0 aliphatic carbocycles. The van der Waals surface area contributed by atoms with E-state index in [9.17, 15) is 9.59 Å². The van der Waals surface area contributed by atoms with Crippen LogP contribution in [0.15, 0.2) is 24.3 Å². The predicted octanol–water partition coefficient (Wildman–Crippen LogP) is 1.60. The lowest BCUT2D eigenvalue weighted by atomic mass is 10.0. The minimum atomic E-state index is -1.12. The Kier molecular flexibility index (Phi) is 4.57. The van der Waals surface area contributed by atoms with Crippen LogP contribution in [0.4, 0.5) is 10.5 Å². The van der Waals surface area contributed by atoms with Crippen LogP contribution in [-0.4, -0.2) is 48.2 Å². The number of carbonyl (C=O) groups is 2. The largest absolute Gasteiger partial charge is 0.465 e. The number of nitrogens with zero attached hydrogens (tertiary/aromatic N) is 1. The third-order valence-corrected chi connectivity index (χ3v) is 3.45. The van der Waals surface area contributed by atoms with E-state index in [1.807, 2.05) is 0 Å². The minimum Gasteiger partial charge on any atom is -0.465 e. The fourth-order valence-electron chi connectivity index (χ4n) is 2.25. The number of amides is 2. The van der Waals surface area contributed by atoms with E-state index < -0.39 is 6.09 Å². The van der Waals surface area contributed by atoms with Gasteiger partial charge in [0.05, 0.1) is 0 Å². The lowest BCUT2D eigenvalue weighted by Crippen LogP contribution is -2.43. The highest BCUT2D eigenvalue weighted by molar-refractivity contribution is 5.95. The highest BCUT2D eigenvalue weighted by Gasteiger charge is 2.18. The van der Waals surface area contributed by atoms with Crippen molar-refractivity contribution in [2.24, 2.45) is 0 Å². The van der Waals surface area contributed by atoms with Crippen LogP contribution in [0.5, 0.6) is 0 Å². The molecule has 20 heavy (non-hydrogen) atoms. The molecule has 0 bridgehead atoms. The van der Waals surface area contributed by atoms with Crippen LogP contribution in [0.2, 0.25) is 0 Å². The minimum absolute atomic E-state index is 0.110. The summed E-state index contributed by atoms with van der Waals surface area (Å²) in [6, 6.07) is 6.62. The summed E-state index contributed by atoms with van der Waals surface area (Å²) >= 11 is 0. The first-order valence-electron chi connectivity index (χ1n) is 6.64. The zero-order chi connectivity index (χ0) is 14.5. The number of hydrogen-bond donors (Lipinski definition) is 3. The van der Waals surface area contributed by atoms with Crippen molar-refractivity contribution in [1.82, 2.24) is 10.2 Å². The van der Waals surface area contributed by atoms with Crippen molar-refractivity contribution in [3.8, 4) is 0 Å². The molecule has 1 aromatic rings. The third kappa shape index (κ3) is 3.96. The molecule has 1 aromatic carbocycles. The van der Waals surface area contributed by atoms with Crippen molar-refractivity contribution in [3.63, 3.8) is 0 Å². The van der Waals surface area contributed by atoms with Gasteiger partial charge < -0.3 is 15.3 Å². The van der Waals surface area contributed by atoms with Gasteiger partial charge >= 0.3 is 6.09 Å². The summed E-state index contributed by atoms with van der Waals surface area (Å²) in [5.41, 5.74) is 0.994. The van der Waals surface area contributed by atoms with Gasteiger partial charge in [-0.1, -0.05) is 0 Å². The Morgan fingerprint density at radius 2 is 1.80 bits per heavy atom. The second-order valence-electron chi connectivity index (χ2n) is 5.06. The van der Waals surface area contributed by atoms with Gasteiger partial charge in [-0.05, 0) is 57.2 Å². The summed E-state index contributed by atoms with van der Waals surface area (Å²) in [6.45, 7) is 1.98. The van der Waals surface area contributed by atoms with Crippen LogP contribution in [0.25, 0.3) is 0 Å². The monoisotopic (exact) mass is 277 g/mol. The van der Waals surface area contributed by atoms with Crippen molar-refractivity contribution in [2.45, 2.75) is 18.9 Å². The molecule has 1 aliphatic heterocycles. The maximum atomic E-state index is 12.1. The number of nitrogens with one attached hydrogen (secondary N) is 2. The quantitative estimate of drug-likeness (QED) is 0.784. The molecule has 3 N–H and O–H groups in total. The molecule has 108 valence electrons. The second-order valence-corrected chi connectivity index (χ2v) is 5.06. The van der Waals surface area contributed by atoms with Crippen molar-refractivity contribution >= 4 is 17.7 Å². The molecule has 2 rings (SSSR count). The van der Waals surface area contributed by atoms with Crippen LogP contribution in [0.3, 0.4) is 0 Å². The van der Waals surface area contributed by atoms with E-state index >= 15 is 0 Å². The number of benzene rings is 1. The summed E-state index contributed by atoms with van der Waals surface area (Å²) in [4.78, 5) is 24.8. The maximum absolute atomic E-state index is 12.1. The first kappa shape index (κ1) is 14.3. The van der Waals surface area contributed by atoms with Gasteiger partial charge in [0.15, 0.2) is 0 Å². The van der Waals surface area contributed by atoms with E-state index in [1.54, 1.807) is 24.3 Å². The third-order valence-electron chi connectivity index (χ3n) is 3.45. The highest BCUT2D eigenvalue weighted by atomic mass is 16.4. The number of likely N-dealkylation sites (tertiary alicyclic amines) is 1. The molecule has 2 amide bonds. The molecular formula is C14H19N3O3. The smallest absolute Gasteiger partial charge is 0.409 e. The van der Waals surface area contributed by atoms with Gasteiger partial charge in [0, 0.05) is 17.3 Å². The summed E-state index contributed by atoms with van der Waals surface area (Å²) in [5, 5.41) is 13.8. The van der Waals surface area contributed by atoms with Crippen LogP contribution < -0.4 is 10.6 Å². The van der Waals surface area contributed by atoms with Gasteiger partial charge in [0.2, 0.25) is 0 Å². The Bertz CT molecular complexity index is 479. The number of anilines is 1. The average Bonchev–Trinajstić information content (AvgIpc) is 2.41. The van der Waals surface area contributed by atoms with Gasteiger partial charge in [-0.3, -0.25) is 10.1 Å². The summed E-state index contributed by atoms with van der Waals surface area (Å²) < 4.78 is 0. The Morgan fingerprint density at radius 1 is 1.20 bits per heavy atom. The zero-order valence-electron chi connectivity index (χ0n) is 11.4. The first-order chi connectivity index (χ1) is 9.54. The van der Waals surface area contributed by atoms with Crippen molar-refractivity contribution in [3.05, 3.63) is 29.8 Å². The summed E-state index contributed by atoms with van der Waals surface area (Å²) in [5.74, 6) is -0.110. The highest BCUT2D eigenvalue weighted by Crippen LogP contribution is 2.12. The fraction of sp³-hybridized carbons (Fsp3) is 0.429. The van der Waals surface area contributed by atoms with Gasteiger partial charge in [0.25, 0.3) is 5.91 Å². The van der Waals surface area contributed by atoms with Gasteiger partial charge in [0.1, 0.15) is 0 Å². The average molecular weight is 277 g/mol. The molecule has 1 heterocycles. The molecule has 0 spiro atoms. The van der Waals surface area contributed by atoms with Crippen LogP contribution in [0.1, 0.15) is 23.2 Å². The second kappa shape index (κ2) is 6.38. The molecule has 0 atom stereocenters. The molecule has 6 heteroatoms. The normalized spacial score (nSPS) is 16.6. The van der Waals surface area contributed by atoms with E-state index in [4.69, 9.17) is 5.11 Å². The van der Waals surface area contributed by atoms with Crippen LogP contribution in [-0.2, 0) is 0 Å². The molecule has 0 aromatic heterocycles. The zero-order valence-corrected chi connectivity index (χ0v) is 11.4. The van der Waals surface area contributed by atoms with E-state index in [0.29, 0.717) is 11.3 Å². The Balaban J connectivity index is 1.90. The Hall–Kier alpha value is -2.08. The van der Waals surface area contributed by atoms with E-state index in [1.165, 1.54) is 0 Å². The van der Waals surface area contributed by atoms with Gasteiger partial charge in [-0.15, -0.1) is 0 Å². The van der Waals surface area contributed by atoms with Gasteiger partial charge in [-0.25, -0.2) is 4.79 Å². The SMILES string of the molecule is CN1CCC(NC(=O)c2ccc(NC(=O)O)cc2)CC1. The topological polar surface area (TPSA) is 81.7 Å². The summed E-state index contributed by atoms with van der Waals surface area (Å²) in [7, 11) is 2.08. The van der Waals surface area contributed by atoms with Crippen LogP contribution in [0, 0.1) is 0 Å². The van der Waals surface area contributed by atoms with Crippen molar-refractivity contribution in [1.29, 1.82) is 0 Å². The van der Waals surface area contributed by atoms with Gasteiger partial charge in [-0.2, -0.15) is 0 Å². The number of rotatable bonds is 3. The standard InChI is InChI=1S/C14H19N3O3/c1-17-8-6-12(7-9-17)15-13(18)10-2-4-11(5-3-10)16-14(19)20/h2-5,12,16H,6-9H2,1H3,(H,15,18)(H,19,20). The molecule has 1 saturated heterocycles. The number of carboxylic acid groups (broad SMARTS) is 1. The molecule has 0 saturated carbocycles. The molecule has 1 fully saturated rings. The van der Waals surface area contributed by atoms with E-state index in [-0.39, 0.29) is 11.9 Å². The fourth-order valence-corrected chi connectivity index (χ4v) is 2.25. The lowest BCUT2D eigenvalue weighted by molar-refractivity contribution is 0.0917. The molecule has 0 radical (unpaired) electrons. The molecular weight excluding hydrogens is 258 g/mol. The molecule has 6 nitrogen and oxygen atoms in total. The molecule has 1 aliphatic rings. The summed E-state index contributed by atoms with van der Waals surface area (Å²) in [6.07, 6.45) is 0.801. The number of hydrogen-bond acceptors (Lipinski definition) is 3. The van der Waals surface area contributed by atoms with Crippen molar-refractivity contribution in [2.75, 3.05) is 25.5 Å². The van der Waals surface area contributed by atoms with Crippen LogP contribution >= 0.6 is 0 Å². The lowest BCUT2D eigenvalue weighted by Gasteiger charge is -2.29. The van der Waals surface area contributed by atoms with E-state index in [2.05, 4.69) is 22.6 Å². The van der Waals surface area contributed by atoms with Crippen molar-refractivity contribution < 1.29 is 14.7 Å². The maximum Gasteiger partial charge on any atom is 0.409 e. The molecule has 0 unspecified atom stereocenters. The first-order valence-corrected chi connectivity index (χ1v) is 6.64. The van der Waals surface area contributed by atoms with E-state index in [0.717, 1.165) is 25.9 Å². The predicted molar refractivity (Wildman–Crippen MR) is 76.1 cm³/mol. The Morgan fingerprint density at radius 3 is 2.35 bits per heavy atom. The Labute approximate surface area is 117 Å². The number of carbonyl (C=O) groups excluding carboxylic acids is 1.